The summed E-state index contributed by atoms with van der Waals surface area (Å²) in [6.45, 7) is 4.77. The second-order valence-electron chi connectivity index (χ2n) is 8.50. The minimum absolute atomic E-state index is 0.0228. The number of nitrogens with zero attached hydrogens (tertiary/aromatic N) is 4. The summed E-state index contributed by atoms with van der Waals surface area (Å²) in [6.07, 6.45) is 5.89. The number of amides is 1. The first kappa shape index (κ1) is 21.6. The molecule has 1 aromatic rings. The molecule has 0 saturated carbocycles. The number of carbonyl (C=O) groups is 1. The second kappa shape index (κ2) is 8.87. The van der Waals surface area contributed by atoms with E-state index in [0.717, 1.165) is 30.0 Å². The Morgan fingerprint density at radius 3 is 2.94 bits per heavy atom. The number of aliphatic imine (C=N–C) groups is 1. The molecule has 0 bridgehead atoms. The maximum atomic E-state index is 12.0. The van der Waals surface area contributed by atoms with Gasteiger partial charge in [-0.15, -0.1) is 0 Å². The molecule has 4 N–H and O–H groups in total. The molecule has 0 spiro atoms. The third-order valence-corrected chi connectivity index (χ3v) is 6.37. The summed E-state index contributed by atoms with van der Waals surface area (Å²) in [5.74, 6) is -0.260. The fourth-order valence-corrected chi connectivity index (χ4v) is 4.69. The zero-order valence-corrected chi connectivity index (χ0v) is 18.4. The maximum Gasteiger partial charge on any atom is 0.219 e. The molecule has 8 nitrogen and oxygen atoms in total. The Bertz CT molecular complexity index is 1190. The van der Waals surface area contributed by atoms with E-state index in [4.69, 9.17) is 16.3 Å². The minimum atomic E-state index is -0.505. The monoisotopic (exact) mass is 432 g/mol. The minimum Gasteiger partial charge on any atom is -0.404 e. The van der Waals surface area contributed by atoms with Crippen LogP contribution in [0.1, 0.15) is 44.6 Å². The molecule has 4 rings (SSSR count). The summed E-state index contributed by atoms with van der Waals surface area (Å²) in [5, 5.41) is 16.3. The molecule has 8 heteroatoms. The fourth-order valence-electron chi connectivity index (χ4n) is 4.69. The number of benzene rings is 1. The average molecular weight is 433 g/mol. The van der Waals surface area contributed by atoms with Crippen molar-refractivity contribution in [2.75, 3.05) is 13.1 Å². The van der Waals surface area contributed by atoms with Gasteiger partial charge in [-0.25, -0.2) is 4.99 Å². The molecule has 166 valence electrons. The summed E-state index contributed by atoms with van der Waals surface area (Å²) in [7, 11) is 0. The van der Waals surface area contributed by atoms with E-state index >= 15 is 0 Å². The zero-order chi connectivity index (χ0) is 22.8. The maximum absolute atomic E-state index is 12.0. The third-order valence-electron chi connectivity index (χ3n) is 6.37. The van der Waals surface area contributed by atoms with Crippen molar-refractivity contribution < 1.29 is 9.63 Å². The SMILES string of the molecule is CC(=O)N1CCCC(C2=C(C#N)C(c3cccc4c3=NOC(C)CC=4)/C(=C/N)C(N)=N2)C1. The standard InChI is InChI=1S/C24H28N6O2/c1-14-8-9-16-5-3-7-18(23(16)29-32-14)21-19(11-25)22(28-24(27)20(21)12-26)17-6-4-10-30(13-17)15(2)31/h3,5,7,9,12,14,17,21H,4,6,8,10,13,26H2,1-2H3,(H2,27,28)/b20-12-. The van der Waals surface area contributed by atoms with Crippen molar-refractivity contribution in [1.82, 2.24) is 4.90 Å². The van der Waals surface area contributed by atoms with Gasteiger partial charge in [0.05, 0.1) is 23.3 Å². The first-order chi connectivity index (χ1) is 15.4. The average Bonchev–Trinajstić information content (AvgIpc) is 3.00. The molecule has 0 radical (unpaired) electrons. The number of amidine groups is 1. The number of fused-ring (bicyclic) bond motifs is 1. The molecular weight excluding hydrogens is 404 g/mol. The molecule has 1 fully saturated rings. The lowest BCUT2D eigenvalue weighted by Gasteiger charge is -2.35. The zero-order valence-electron chi connectivity index (χ0n) is 18.4. The summed E-state index contributed by atoms with van der Waals surface area (Å²) < 4.78 is 0. The molecule has 3 unspecified atom stereocenters. The number of likely N-dealkylation sites (tertiary alicyclic amines) is 1. The summed E-state index contributed by atoms with van der Waals surface area (Å²) >= 11 is 0. The second-order valence-corrected chi connectivity index (χ2v) is 8.50. The van der Waals surface area contributed by atoms with Crippen LogP contribution in [0.2, 0.25) is 0 Å². The van der Waals surface area contributed by atoms with Crippen LogP contribution in [0.15, 0.2) is 51.4 Å². The molecule has 3 atom stereocenters. The third kappa shape index (κ3) is 3.86. The van der Waals surface area contributed by atoms with Gasteiger partial charge in [-0.1, -0.05) is 29.4 Å². The molecule has 32 heavy (non-hydrogen) atoms. The molecule has 0 aromatic heterocycles. The van der Waals surface area contributed by atoms with Crippen LogP contribution >= 0.6 is 0 Å². The van der Waals surface area contributed by atoms with E-state index in [9.17, 15) is 10.1 Å². The number of hydrogen-bond acceptors (Lipinski definition) is 7. The van der Waals surface area contributed by atoms with E-state index in [2.05, 4.69) is 22.3 Å². The van der Waals surface area contributed by atoms with Crippen molar-refractivity contribution in [2.45, 2.75) is 45.1 Å². The van der Waals surface area contributed by atoms with Crippen molar-refractivity contribution in [3.63, 3.8) is 0 Å². The van der Waals surface area contributed by atoms with E-state index in [0.29, 0.717) is 35.3 Å². The van der Waals surface area contributed by atoms with E-state index in [1.54, 1.807) is 11.8 Å². The van der Waals surface area contributed by atoms with Gasteiger partial charge < -0.3 is 21.2 Å². The number of nitrogens with two attached hydrogens (primary N) is 2. The Morgan fingerprint density at radius 2 is 2.22 bits per heavy atom. The van der Waals surface area contributed by atoms with Crippen LogP contribution in [-0.2, 0) is 9.63 Å². The fraction of sp³-hybridized carbons (Fsp3) is 0.417. The molecular formula is C24H28N6O2. The first-order valence-corrected chi connectivity index (χ1v) is 10.9. The number of nitriles is 1. The Hall–Kier alpha value is -3.60. The summed E-state index contributed by atoms with van der Waals surface area (Å²) in [6, 6.07) is 8.24. The highest BCUT2D eigenvalue weighted by molar-refractivity contribution is 6.01. The Labute approximate surface area is 187 Å². The van der Waals surface area contributed by atoms with Crippen LogP contribution < -0.4 is 22.0 Å². The van der Waals surface area contributed by atoms with Crippen molar-refractivity contribution in [1.29, 1.82) is 5.26 Å². The largest absolute Gasteiger partial charge is 0.404 e. The summed E-state index contributed by atoms with van der Waals surface area (Å²) in [5.41, 5.74) is 14.8. The number of allylic oxidation sites excluding steroid dienone is 1. The van der Waals surface area contributed by atoms with Crippen LogP contribution in [0, 0.1) is 17.2 Å². The predicted octanol–water partition coefficient (Wildman–Crippen LogP) is 1.14. The van der Waals surface area contributed by atoms with Crippen molar-refractivity contribution in [3.05, 3.63) is 57.4 Å². The lowest BCUT2D eigenvalue weighted by Crippen LogP contribution is -2.41. The number of piperidine rings is 1. The van der Waals surface area contributed by atoms with Crippen LogP contribution in [-0.4, -0.2) is 35.8 Å². The topological polar surface area (TPSA) is 130 Å². The van der Waals surface area contributed by atoms with E-state index < -0.39 is 5.92 Å². The summed E-state index contributed by atoms with van der Waals surface area (Å²) in [4.78, 5) is 24.0. The van der Waals surface area contributed by atoms with E-state index in [1.807, 2.05) is 25.1 Å². The normalized spacial score (nSPS) is 26.7. The molecule has 0 aliphatic carbocycles. The highest BCUT2D eigenvalue weighted by Crippen LogP contribution is 2.39. The highest BCUT2D eigenvalue weighted by atomic mass is 16.6. The number of carbonyl (C=O) groups excluding carboxylic acids is 1. The van der Waals surface area contributed by atoms with Gasteiger partial charge in [-0.3, -0.25) is 4.79 Å². The van der Waals surface area contributed by atoms with Crippen LogP contribution in [0.3, 0.4) is 0 Å². The van der Waals surface area contributed by atoms with Crippen molar-refractivity contribution in [2.24, 2.45) is 27.5 Å². The van der Waals surface area contributed by atoms with Gasteiger partial charge in [-0.2, -0.15) is 5.26 Å². The van der Waals surface area contributed by atoms with Gasteiger partial charge >= 0.3 is 0 Å². The van der Waals surface area contributed by atoms with E-state index in [1.165, 1.54) is 6.20 Å². The van der Waals surface area contributed by atoms with Crippen LogP contribution in [0.5, 0.6) is 0 Å². The van der Waals surface area contributed by atoms with E-state index in [-0.39, 0.29) is 23.8 Å². The highest BCUT2D eigenvalue weighted by Gasteiger charge is 2.36. The smallest absolute Gasteiger partial charge is 0.219 e. The Balaban J connectivity index is 1.90. The Morgan fingerprint density at radius 1 is 1.41 bits per heavy atom. The molecule has 3 aliphatic rings. The van der Waals surface area contributed by atoms with Gasteiger partial charge in [0.1, 0.15) is 17.3 Å². The van der Waals surface area contributed by atoms with Gasteiger partial charge in [0.25, 0.3) is 0 Å². The van der Waals surface area contributed by atoms with Gasteiger partial charge in [0.2, 0.25) is 5.91 Å². The van der Waals surface area contributed by atoms with Gasteiger partial charge in [0.15, 0.2) is 0 Å². The van der Waals surface area contributed by atoms with Crippen LogP contribution in [0.4, 0.5) is 0 Å². The molecule has 3 aliphatic heterocycles. The number of rotatable bonds is 2. The molecule has 1 amide bonds. The quantitative estimate of drug-likeness (QED) is 0.724. The van der Waals surface area contributed by atoms with Crippen LogP contribution in [0.25, 0.3) is 6.08 Å². The molecule has 1 saturated heterocycles. The first-order valence-electron chi connectivity index (χ1n) is 10.9. The lowest BCUT2D eigenvalue weighted by atomic mass is 9.78. The molecule has 1 aromatic carbocycles. The van der Waals surface area contributed by atoms with Crippen molar-refractivity contribution in [3.8, 4) is 6.07 Å². The van der Waals surface area contributed by atoms with Crippen molar-refractivity contribution >= 4 is 17.8 Å². The molecule has 3 heterocycles. The Kier molecular flexibility index (Phi) is 5.99. The lowest BCUT2D eigenvalue weighted by molar-refractivity contribution is -0.130. The van der Waals surface area contributed by atoms with Gasteiger partial charge in [0, 0.05) is 44.1 Å². The predicted molar refractivity (Wildman–Crippen MR) is 121 cm³/mol. The number of hydrogen-bond donors (Lipinski definition) is 2. The van der Waals surface area contributed by atoms with Gasteiger partial charge in [-0.05, 0) is 30.5 Å².